The second-order valence-corrected chi connectivity index (χ2v) is 2.90. The molecule has 0 atom stereocenters. The Morgan fingerprint density at radius 1 is 1.42 bits per heavy atom. The SMILES string of the molecule is Cn1ncnc1CCCCCN. The highest BCUT2D eigenvalue weighted by Gasteiger charge is 1.98. The summed E-state index contributed by atoms with van der Waals surface area (Å²) in [6, 6.07) is 0. The third kappa shape index (κ3) is 2.62. The van der Waals surface area contributed by atoms with E-state index in [9.17, 15) is 0 Å². The van der Waals surface area contributed by atoms with Gasteiger partial charge in [-0.1, -0.05) is 6.42 Å². The third-order valence-corrected chi connectivity index (χ3v) is 1.91. The highest BCUT2D eigenvalue weighted by molar-refractivity contribution is 4.82. The molecule has 4 nitrogen and oxygen atoms in total. The Kier molecular flexibility index (Phi) is 3.73. The van der Waals surface area contributed by atoms with Gasteiger partial charge in [0.1, 0.15) is 12.2 Å². The minimum Gasteiger partial charge on any atom is -0.330 e. The van der Waals surface area contributed by atoms with Gasteiger partial charge in [-0.25, -0.2) is 4.98 Å². The third-order valence-electron chi connectivity index (χ3n) is 1.91. The molecule has 0 fully saturated rings. The molecule has 1 heterocycles. The van der Waals surface area contributed by atoms with Crippen molar-refractivity contribution < 1.29 is 0 Å². The van der Waals surface area contributed by atoms with E-state index in [2.05, 4.69) is 10.1 Å². The molecule has 0 saturated heterocycles. The smallest absolute Gasteiger partial charge is 0.138 e. The predicted octanol–water partition coefficient (Wildman–Crippen LogP) is 0.487. The fraction of sp³-hybridized carbons (Fsp3) is 0.750. The number of rotatable bonds is 5. The van der Waals surface area contributed by atoms with Crippen LogP contribution in [0.15, 0.2) is 6.33 Å². The number of unbranched alkanes of at least 4 members (excludes halogenated alkanes) is 2. The van der Waals surface area contributed by atoms with Crippen molar-refractivity contribution in [3.63, 3.8) is 0 Å². The summed E-state index contributed by atoms with van der Waals surface area (Å²) in [7, 11) is 1.92. The number of hydrogen-bond donors (Lipinski definition) is 1. The molecule has 0 aliphatic rings. The monoisotopic (exact) mass is 168 g/mol. The van der Waals surface area contributed by atoms with Crippen molar-refractivity contribution in [3.05, 3.63) is 12.2 Å². The summed E-state index contributed by atoms with van der Waals surface area (Å²) in [6.07, 6.45) is 6.06. The van der Waals surface area contributed by atoms with Gasteiger partial charge in [0.25, 0.3) is 0 Å². The lowest BCUT2D eigenvalue weighted by Gasteiger charge is -1.98. The maximum absolute atomic E-state index is 5.38. The van der Waals surface area contributed by atoms with E-state index in [-0.39, 0.29) is 0 Å². The van der Waals surface area contributed by atoms with Crippen molar-refractivity contribution >= 4 is 0 Å². The molecule has 0 radical (unpaired) electrons. The molecule has 1 aromatic heterocycles. The molecule has 0 spiro atoms. The average molecular weight is 168 g/mol. The Hall–Kier alpha value is -0.900. The van der Waals surface area contributed by atoms with E-state index in [0.717, 1.165) is 31.6 Å². The average Bonchev–Trinajstić information content (AvgIpc) is 2.46. The molecule has 0 aromatic carbocycles. The van der Waals surface area contributed by atoms with Crippen LogP contribution in [0.25, 0.3) is 0 Å². The lowest BCUT2D eigenvalue weighted by molar-refractivity contribution is 0.631. The lowest BCUT2D eigenvalue weighted by Crippen LogP contribution is -2.01. The van der Waals surface area contributed by atoms with Gasteiger partial charge in [-0.15, -0.1) is 0 Å². The van der Waals surface area contributed by atoms with Crippen molar-refractivity contribution in [1.29, 1.82) is 0 Å². The molecule has 0 saturated carbocycles. The van der Waals surface area contributed by atoms with Crippen LogP contribution in [-0.4, -0.2) is 21.3 Å². The molecule has 0 unspecified atom stereocenters. The molecular formula is C8H16N4. The molecule has 0 bridgehead atoms. The van der Waals surface area contributed by atoms with E-state index in [1.165, 1.54) is 6.42 Å². The summed E-state index contributed by atoms with van der Waals surface area (Å²) >= 11 is 0. The highest BCUT2D eigenvalue weighted by Crippen LogP contribution is 2.01. The number of nitrogens with two attached hydrogens (primary N) is 1. The fourth-order valence-corrected chi connectivity index (χ4v) is 1.15. The van der Waals surface area contributed by atoms with Crippen LogP contribution >= 0.6 is 0 Å². The summed E-state index contributed by atoms with van der Waals surface area (Å²) in [4.78, 5) is 4.13. The Balaban J connectivity index is 2.20. The second-order valence-electron chi connectivity index (χ2n) is 2.90. The highest BCUT2D eigenvalue weighted by atomic mass is 15.3. The minimum atomic E-state index is 0.790. The molecule has 0 amide bonds. The molecule has 1 aromatic rings. The quantitative estimate of drug-likeness (QED) is 0.651. The normalized spacial score (nSPS) is 10.5. The van der Waals surface area contributed by atoms with Crippen LogP contribution in [0.3, 0.4) is 0 Å². The summed E-state index contributed by atoms with van der Waals surface area (Å²) in [5, 5.41) is 4.00. The van der Waals surface area contributed by atoms with E-state index in [4.69, 9.17) is 5.73 Å². The second kappa shape index (κ2) is 4.87. The predicted molar refractivity (Wildman–Crippen MR) is 47.6 cm³/mol. The molecular weight excluding hydrogens is 152 g/mol. The van der Waals surface area contributed by atoms with Gasteiger partial charge >= 0.3 is 0 Å². The molecule has 0 aliphatic heterocycles. The minimum absolute atomic E-state index is 0.790. The number of aryl methyl sites for hydroxylation is 2. The van der Waals surface area contributed by atoms with Crippen LogP contribution in [0.5, 0.6) is 0 Å². The maximum Gasteiger partial charge on any atom is 0.138 e. The topological polar surface area (TPSA) is 56.7 Å². The van der Waals surface area contributed by atoms with Crippen LogP contribution in [0.1, 0.15) is 25.1 Å². The van der Waals surface area contributed by atoms with Crippen molar-refractivity contribution in [2.45, 2.75) is 25.7 Å². The zero-order valence-electron chi connectivity index (χ0n) is 7.53. The van der Waals surface area contributed by atoms with Crippen LogP contribution in [0, 0.1) is 0 Å². The largest absolute Gasteiger partial charge is 0.330 e. The first kappa shape index (κ1) is 9.19. The van der Waals surface area contributed by atoms with Crippen molar-refractivity contribution in [1.82, 2.24) is 14.8 Å². The van der Waals surface area contributed by atoms with Gasteiger partial charge in [0.2, 0.25) is 0 Å². The van der Waals surface area contributed by atoms with Crippen molar-refractivity contribution in [2.75, 3.05) is 6.54 Å². The zero-order valence-corrected chi connectivity index (χ0v) is 7.53. The molecule has 4 heteroatoms. The Morgan fingerprint density at radius 3 is 2.83 bits per heavy atom. The standard InChI is InChI=1S/C8H16N4/c1-12-8(10-7-11-12)5-3-2-4-6-9/h7H,2-6,9H2,1H3. The van der Waals surface area contributed by atoms with E-state index in [1.54, 1.807) is 6.33 Å². The Labute approximate surface area is 72.8 Å². The summed E-state index contributed by atoms with van der Waals surface area (Å²) in [5.74, 6) is 1.06. The first-order valence-corrected chi connectivity index (χ1v) is 4.37. The summed E-state index contributed by atoms with van der Waals surface area (Å²) < 4.78 is 1.82. The molecule has 2 N–H and O–H groups in total. The first-order valence-electron chi connectivity index (χ1n) is 4.37. The van der Waals surface area contributed by atoms with Crippen LogP contribution < -0.4 is 5.73 Å². The Morgan fingerprint density at radius 2 is 2.25 bits per heavy atom. The molecule has 68 valence electrons. The van der Waals surface area contributed by atoms with E-state index in [0.29, 0.717) is 0 Å². The maximum atomic E-state index is 5.38. The van der Waals surface area contributed by atoms with Crippen LogP contribution in [0.2, 0.25) is 0 Å². The number of aromatic nitrogens is 3. The van der Waals surface area contributed by atoms with Crippen molar-refractivity contribution in [3.8, 4) is 0 Å². The van der Waals surface area contributed by atoms with E-state index < -0.39 is 0 Å². The van der Waals surface area contributed by atoms with Crippen LogP contribution in [-0.2, 0) is 13.5 Å². The van der Waals surface area contributed by atoms with Gasteiger partial charge in [-0.3, -0.25) is 4.68 Å². The van der Waals surface area contributed by atoms with Gasteiger partial charge in [0, 0.05) is 13.5 Å². The first-order chi connectivity index (χ1) is 5.84. The zero-order chi connectivity index (χ0) is 8.81. The van der Waals surface area contributed by atoms with Crippen molar-refractivity contribution in [2.24, 2.45) is 12.8 Å². The van der Waals surface area contributed by atoms with Gasteiger partial charge in [0.15, 0.2) is 0 Å². The lowest BCUT2D eigenvalue weighted by atomic mass is 10.2. The van der Waals surface area contributed by atoms with Gasteiger partial charge in [-0.2, -0.15) is 5.10 Å². The van der Waals surface area contributed by atoms with Gasteiger partial charge < -0.3 is 5.73 Å². The fourth-order valence-electron chi connectivity index (χ4n) is 1.15. The van der Waals surface area contributed by atoms with Crippen LogP contribution in [0.4, 0.5) is 0 Å². The molecule has 0 aliphatic carbocycles. The Bertz CT molecular complexity index is 219. The molecule has 1 rings (SSSR count). The number of hydrogen-bond acceptors (Lipinski definition) is 3. The van der Waals surface area contributed by atoms with E-state index in [1.807, 2.05) is 11.7 Å². The number of nitrogens with zero attached hydrogens (tertiary/aromatic N) is 3. The van der Waals surface area contributed by atoms with Gasteiger partial charge in [0.05, 0.1) is 0 Å². The van der Waals surface area contributed by atoms with E-state index >= 15 is 0 Å². The van der Waals surface area contributed by atoms with Gasteiger partial charge in [-0.05, 0) is 19.4 Å². The summed E-state index contributed by atoms with van der Waals surface area (Å²) in [5.41, 5.74) is 5.38. The molecule has 12 heavy (non-hydrogen) atoms. The summed E-state index contributed by atoms with van der Waals surface area (Å²) in [6.45, 7) is 0.790.